The third-order valence-corrected chi connectivity index (χ3v) is 5.91. The highest BCUT2D eigenvalue weighted by molar-refractivity contribution is 5.97. The maximum atomic E-state index is 14.5. The number of imidazole rings is 1. The van der Waals surface area contributed by atoms with Gasteiger partial charge in [-0.3, -0.25) is 0 Å². The first-order valence-corrected chi connectivity index (χ1v) is 10.7. The van der Waals surface area contributed by atoms with Crippen LogP contribution in [0.3, 0.4) is 0 Å². The van der Waals surface area contributed by atoms with E-state index in [-0.39, 0.29) is 17.8 Å². The molecule has 1 saturated carbocycles. The summed E-state index contributed by atoms with van der Waals surface area (Å²) >= 11 is 0. The maximum Gasteiger partial charge on any atom is 0.261 e. The average molecular weight is 460 g/mol. The van der Waals surface area contributed by atoms with Crippen molar-refractivity contribution < 1.29 is 22.6 Å². The van der Waals surface area contributed by atoms with E-state index in [1.807, 2.05) is 0 Å². The molecular weight excluding hydrogens is 437 g/mol. The van der Waals surface area contributed by atoms with E-state index < -0.39 is 18.8 Å². The lowest BCUT2D eigenvalue weighted by molar-refractivity contribution is -0.0374. The fourth-order valence-electron chi connectivity index (χ4n) is 4.34. The van der Waals surface area contributed by atoms with Gasteiger partial charge >= 0.3 is 0 Å². The fourth-order valence-corrected chi connectivity index (χ4v) is 4.34. The zero-order valence-corrected chi connectivity index (χ0v) is 17.9. The van der Waals surface area contributed by atoms with Crippen molar-refractivity contribution in [2.75, 3.05) is 19.0 Å². The van der Waals surface area contributed by atoms with Crippen molar-refractivity contribution >= 4 is 22.6 Å². The van der Waals surface area contributed by atoms with Crippen LogP contribution < -0.4 is 10.1 Å². The van der Waals surface area contributed by atoms with Crippen LogP contribution in [0.25, 0.3) is 27.8 Å². The van der Waals surface area contributed by atoms with Crippen molar-refractivity contribution in [2.24, 2.45) is 0 Å². The van der Waals surface area contributed by atoms with Crippen molar-refractivity contribution in [3.8, 4) is 17.0 Å². The van der Waals surface area contributed by atoms with E-state index in [0.29, 0.717) is 46.8 Å². The Bertz CT molecular complexity index is 1270. The molecule has 0 unspecified atom stereocenters. The Morgan fingerprint density at radius 1 is 1.24 bits per heavy atom. The van der Waals surface area contributed by atoms with E-state index in [9.17, 15) is 13.2 Å². The van der Waals surface area contributed by atoms with E-state index in [4.69, 9.17) is 9.47 Å². The third kappa shape index (κ3) is 4.32. The van der Waals surface area contributed by atoms with Crippen molar-refractivity contribution in [3.05, 3.63) is 36.7 Å². The van der Waals surface area contributed by atoms with Gasteiger partial charge in [-0.1, -0.05) is 0 Å². The summed E-state index contributed by atoms with van der Waals surface area (Å²) in [7, 11) is 1.52. The number of methoxy groups -OCH3 is 1. The smallest absolute Gasteiger partial charge is 0.261 e. The fraction of sp³-hybridized carbons (Fsp3) is 0.409. The van der Waals surface area contributed by atoms with Crippen LogP contribution in [-0.2, 0) is 4.74 Å². The number of ether oxygens (including phenoxy) is 2. The van der Waals surface area contributed by atoms with Crippen LogP contribution in [-0.4, -0.2) is 56.6 Å². The number of pyridine rings is 1. The molecule has 0 aromatic carbocycles. The van der Waals surface area contributed by atoms with Crippen molar-refractivity contribution in [1.82, 2.24) is 24.3 Å². The highest BCUT2D eigenvalue weighted by atomic mass is 19.3. The normalized spacial score (nSPS) is 18.9. The molecule has 0 bridgehead atoms. The number of aromatic amines is 1. The molecule has 4 aromatic rings. The van der Waals surface area contributed by atoms with Gasteiger partial charge in [-0.05, 0) is 31.7 Å². The molecule has 174 valence electrons. The summed E-state index contributed by atoms with van der Waals surface area (Å²) in [6.45, 7) is -0.521. The largest absolute Gasteiger partial charge is 0.480 e. The van der Waals surface area contributed by atoms with Gasteiger partial charge in [0.15, 0.2) is 11.5 Å². The van der Waals surface area contributed by atoms with Crippen LogP contribution in [0.4, 0.5) is 19.1 Å². The Morgan fingerprint density at radius 3 is 2.82 bits per heavy atom. The van der Waals surface area contributed by atoms with Gasteiger partial charge in [0.25, 0.3) is 6.43 Å². The van der Waals surface area contributed by atoms with E-state index in [1.54, 1.807) is 23.0 Å². The Labute approximate surface area is 187 Å². The summed E-state index contributed by atoms with van der Waals surface area (Å²) in [6, 6.07) is 1.52. The second-order valence-electron chi connectivity index (χ2n) is 8.06. The predicted molar refractivity (Wildman–Crippen MR) is 116 cm³/mol. The quantitative estimate of drug-likeness (QED) is 0.424. The van der Waals surface area contributed by atoms with Crippen LogP contribution in [0.2, 0.25) is 0 Å². The number of hydrogen-bond acceptors (Lipinski definition) is 6. The molecule has 8 nitrogen and oxygen atoms in total. The molecule has 11 heteroatoms. The minimum absolute atomic E-state index is 0.103. The number of anilines is 1. The van der Waals surface area contributed by atoms with Crippen LogP contribution in [0.15, 0.2) is 30.9 Å². The topological polar surface area (TPSA) is 89.4 Å². The Balaban J connectivity index is 1.37. The van der Waals surface area contributed by atoms with Gasteiger partial charge in [0.1, 0.15) is 12.3 Å². The first kappa shape index (κ1) is 21.5. The van der Waals surface area contributed by atoms with Gasteiger partial charge in [0, 0.05) is 42.0 Å². The zero-order chi connectivity index (χ0) is 22.9. The monoisotopic (exact) mass is 460 g/mol. The number of hydrogen-bond donors (Lipinski definition) is 2. The first-order chi connectivity index (χ1) is 16.0. The molecule has 1 fully saturated rings. The van der Waals surface area contributed by atoms with Crippen molar-refractivity contribution in [2.45, 2.75) is 44.3 Å². The number of nitrogens with zero attached hydrogens (tertiary/aromatic N) is 4. The highest BCUT2D eigenvalue weighted by Gasteiger charge is 2.24. The molecule has 4 heterocycles. The summed E-state index contributed by atoms with van der Waals surface area (Å²) in [4.78, 5) is 16.2. The molecule has 4 aromatic heterocycles. The molecule has 1 aliphatic rings. The van der Waals surface area contributed by atoms with Crippen LogP contribution in [0, 0.1) is 5.82 Å². The minimum Gasteiger partial charge on any atom is -0.480 e. The van der Waals surface area contributed by atoms with E-state index in [2.05, 4.69) is 25.3 Å². The number of aromatic nitrogens is 5. The Morgan fingerprint density at radius 2 is 2.06 bits per heavy atom. The van der Waals surface area contributed by atoms with Gasteiger partial charge in [0.2, 0.25) is 11.8 Å². The standard InChI is InChI=1S/C22H23F3N6O2/c1-32-21-18-15(12-8-16(23)20-26-6-7-31(20)10-12)9-27-19(18)29-22(30-21)28-13-2-4-14(5-3-13)33-11-17(24)25/h6-10,13-14,17H,2-5,11H2,1H3,(H2,27,28,29,30). The molecule has 5 rings (SSSR count). The van der Waals surface area contributed by atoms with Crippen LogP contribution in [0.5, 0.6) is 5.88 Å². The SMILES string of the molecule is COc1nc(NC2CCC(OCC(F)F)CC2)nc2[nH]cc(-c3cc(F)c4nccn4c3)c12. The Kier molecular flexibility index (Phi) is 5.79. The summed E-state index contributed by atoms with van der Waals surface area (Å²) in [5.74, 6) is 0.331. The molecule has 0 radical (unpaired) electrons. The van der Waals surface area contributed by atoms with E-state index >= 15 is 0 Å². The number of rotatable bonds is 7. The molecule has 0 saturated heterocycles. The summed E-state index contributed by atoms with van der Waals surface area (Å²) in [5, 5.41) is 3.96. The van der Waals surface area contributed by atoms with E-state index in [1.165, 1.54) is 19.4 Å². The van der Waals surface area contributed by atoms with Gasteiger partial charge in [-0.15, -0.1) is 0 Å². The lowest BCUT2D eigenvalue weighted by atomic mass is 9.93. The number of H-pyrrole nitrogens is 1. The van der Waals surface area contributed by atoms with Crippen molar-refractivity contribution in [3.63, 3.8) is 0 Å². The molecule has 2 N–H and O–H groups in total. The van der Waals surface area contributed by atoms with Gasteiger partial charge < -0.3 is 24.2 Å². The maximum absolute atomic E-state index is 14.5. The number of fused-ring (bicyclic) bond motifs is 2. The average Bonchev–Trinajstić information content (AvgIpc) is 3.45. The summed E-state index contributed by atoms with van der Waals surface area (Å²) < 4.78 is 51.6. The summed E-state index contributed by atoms with van der Waals surface area (Å²) in [5.41, 5.74) is 2.15. The molecule has 0 atom stereocenters. The minimum atomic E-state index is -2.45. The molecular formula is C22H23F3N6O2. The zero-order valence-electron chi connectivity index (χ0n) is 17.9. The predicted octanol–water partition coefficient (Wildman–Crippen LogP) is 4.43. The third-order valence-electron chi connectivity index (χ3n) is 5.91. The molecule has 0 aliphatic heterocycles. The number of nitrogens with one attached hydrogen (secondary N) is 2. The second-order valence-corrected chi connectivity index (χ2v) is 8.06. The lowest BCUT2D eigenvalue weighted by Gasteiger charge is -2.29. The highest BCUT2D eigenvalue weighted by Crippen LogP contribution is 2.35. The number of alkyl halides is 2. The number of halogens is 3. The summed E-state index contributed by atoms with van der Waals surface area (Å²) in [6.07, 6.45) is 7.07. The molecule has 0 amide bonds. The lowest BCUT2D eigenvalue weighted by Crippen LogP contribution is -2.31. The molecule has 0 spiro atoms. The first-order valence-electron chi connectivity index (χ1n) is 10.7. The van der Waals surface area contributed by atoms with Crippen LogP contribution >= 0.6 is 0 Å². The second kappa shape index (κ2) is 8.89. The molecule has 1 aliphatic carbocycles. The van der Waals surface area contributed by atoms with Gasteiger partial charge in [-0.25, -0.2) is 18.2 Å². The molecule has 33 heavy (non-hydrogen) atoms. The van der Waals surface area contributed by atoms with Gasteiger partial charge in [0.05, 0.1) is 18.6 Å². The van der Waals surface area contributed by atoms with Crippen LogP contribution in [0.1, 0.15) is 25.7 Å². The Hall–Kier alpha value is -3.34. The van der Waals surface area contributed by atoms with Gasteiger partial charge in [-0.2, -0.15) is 9.97 Å². The van der Waals surface area contributed by atoms with E-state index in [0.717, 1.165) is 12.8 Å². The van der Waals surface area contributed by atoms with Crippen molar-refractivity contribution in [1.29, 1.82) is 0 Å².